The Bertz CT molecular complexity index is 772. The number of aliphatic hydroxyl groups is 1. The van der Waals surface area contributed by atoms with Crippen molar-refractivity contribution in [2.75, 3.05) is 18.5 Å². The standard InChI is InChI=1S/C22H21NO2/c24-22(15-25-16-22)19-11-13-20(14-12-19)23-21(17-7-3-1-4-8-17)18-9-5-2-6-10-18/h1-14,21,23-24H,15-16H2. The van der Waals surface area contributed by atoms with Crippen LogP contribution in [0.25, 0.3) is 0 Å². The number of rotatable bonds is 5. The Morgan fingerprint density at radius 1 is 0.760 bits per heavy atom. The molecule has 4 rings (SSSR count). The fourth-order valence-electron chi connectivity index (χ4n) is 3.16. The van der Waals surface area contributed by atoms with E-state index in [2.05, 4.69) is 53.8 Å². The van der Waals surface area contributed by atoms with Crippen molar-refractivity contribution in [2.45, 2.75) is 11.6 Å². The topological polar surface area (TPSA) is 41.5 Å². The summed E-state index contributed by atoms with van der Waals surface area (Å²) in [6, 6.07) is 28.9. The molecule has 1 fully saturated rings. The molecule has 0 aromatic heterocycles. The predicted molar refractivity (Wildman–Crippen MR) is 99.5 cm³/mol. The van der Waals surface area contributed by atoms with Gasteiger partial charge in [-0.3, -0.25) is 0 Å². The minimum absolute atomic E-state index is 0.0726. The van der Waals surface area contributed by atoms with E-state index in [-0.39, 0.29) is 6.04 Å². The molecule has 25 heavy (non-hydrogen) atoms. The second kappa shape index (κ2) is 6.71. The molecule has 3 nitrogen and oxygen atoms in total. The second-order valence-corrected chi connectivity index (χ2v) is 6.50. The number of hydrogen-bond donors (Lipinski definition) is 2. The molecule has 3 aromatic carbocycles. The Hall–Kier alpha value is -2.62. The summed E-state index contributed by atoms with van der Waals surface area (Å²) in [6.45, 7) is 0.743. The van der Waals surface area contributed by atoms with E-state index < -0.39 is 5.60 Å². The van der Waals surface area contributed by atoms with Crippen molar-refractivity contribution < 1.29 is 9.84 Å². The zero-order chi connectivity index (χ0) is 17.1. The summed E-state index contributed by atoms with van der Waals surface area (Å²) in [7, 11) is 0. The molecule has 1 heterocycles. The molecular weight excluding hydrogens is 310 g/mol. The number of nitrogens with one attached hydrogen (secondary N) is 1. The SMILES string of the molecule is OC1(c2ccc(NC(c3ccccc3)c3ccccc3)cc2)COC1. The fraction of sp³-hybridized carbons (Fsp3) is 0.182. The van der Waals surface area contributed by atoms with Gasteiger partial charge in [-0.25, -0.2) is 0 Å². The Kier molecular flexibility index (Phi) is 4.26. The van der Waals surface area contributed by atoms with Crippen LogP contribution in [-0.4, -0.2) is 18.3 Å². The average molecular weight is 331 g/mol. The lowest BCUT2D eigenvalue weighted by Crippen LogP contribution is -2.46. The van der Waals surface area contributed by atoms with Crippen molar-refractivity contribution in [2.24, 2.45) is 0 Å². The first kappa shape index (κ1) is 15.9. The van der Waals surface area contributed by atoms with Crippen molar-refractivity contribution in [3.05, 3.63) is 102 Å². The van der Waals surface area contributed by atoms with Crippen molar-refractivity contribution in [3.8, 4) is 0 Å². The molecular formula is C22H21NO2. The van der Waals surface area contributed by atoms with E-state index in [1.807, 2.05) is 36.4 Å². The van der Waals surface area contributed by atoms with E-state index in [1.165, 1.54) is 11.1 Å². The van der Waals surface area contributed by atoms with Crippen LogP contribution in [0, 0.1) is 0 Å². The van der Waals surface area contributed by atoms with Gasteiger partial charge in [-0.05, 0) is 28.8 Å². The molecule has 0 spiro atoms. The van der Waals surface area contributed by atoms with Crippen LogP contribution in [0.3, 0.4) is 0 Å². The maximum atomic E-state index is 10.4. The third kappa shape index (κ3) is 3.29. The van der Waals surface area contributed by atoms with Gasteiger partial charge in [0, 0.05) is 5.69 Å². The van der Waals surface area contributed by atoms with E-state index in [0.29, 0.717) is 13.2 Å². The van der Waals surface area contributed by atoms with Crippen LogP contribution in [0.15, 0.2) is 84.9 Å². The lowest BCUT2D eigenvalue weighted by Gasteiger charge is -2.36. The highest BCUT2D eigenvalue weighted by Crippen LogP contribution is 2.31. The predicted octanol–water partition coefficient (Wildman–Crippen LogP) is 4.11. The minimum atomic E-state index is -0.823. The maximum absolute atomic E-state index is 10.4. The molecule has 1 saturated heterocycles. The first-order valence-electron chi connectivity index (χ1n) is 8.52. The minimum Gasteiger partial charge on any atom is -0.380 e. The summed E-state index contributed by atoms with van der Waals surface area (Å²) in [5.41, 5.74) is 3.52. The van der Waals surface area contributed by atoms with E-state index in [4.69, 9.17) is 4.74 Å². The van der Waals surface area contributed by atoms with E-state index in [1.54, 1.807) is 0 Å². The molecule has 1 aliphatic rings. The molecule has 0 radical (unpaired) electrons. The largest absolute Gasteiger partial charge is 0.380 e. The Morgan fingerprint density at radius 2 is 1.28 bits per heavy atom. The molecule has 0 amide bonds. The van der Waals surface area contributed by atoms with Crippen LogP contribution in [-0.2, 0) is 10.3 Å². The van der Waals surface area contributed by atoms with Gasteiger partial charge in [0.25, 0.3) is 0 Å². The lowest BCUT2D eigenvalue weighted by atomic mass is 9.92. The molecule has 0 unspecified atom stereocenters. The summed E-state index contributed by atoms with van der Waals surface area (Å²) in [4.78, 5) is 0. The van der Waals surface area contributed by atoms with Crippen molar-refractivity contribution in [3.63, 3.8) is 0 Å². The molecule has 1 aliphatic heterocycles. The van der Waals surface area contributed by atoms with Gasteiger partial charge in [-0.15, -0.1) is 0 Å². The monoisotopic (exact) mass is 331 g/mol. The van der Waals surface area contributed by atoms with E-state index >= 15 is 0 Å². The highest BCUT2D eigenvalue weighted by molar-refractivity contribution is 5.51. The normalized spacial score (nSPS) is 15.6. The molecule has 3 aromatic rings. The summed E-state index contributed by atoms with van der Waals surface area (Å²) >= 11 is 0. The summed E-state index contributed by atoms with van der Waals surface area (Å²) < 4.78 is 5.14. The number of ether oxygens (including phenoxy) is 1. The van der Waals surface area contributed by atoms with Gasteiger partial charge in [0.15, 0.2) is 0 Å². The molecule has 0 aliphatic carbocycles. The zero-order valence-electron chi connectivity index (χ0n) is 13.9. The zero-order valence-corrected chi connectivity index (χ0v) is 13.9. The van der Waals surface area contributed by atoms with Gasteiger partial charge >= 0.3 is 0 Å². The van der Waals surface area contributed by atoms with Crippen LogP contribution in [0.2, 0.25) is 0 Å². The molecule has 0 saturated carbocycles. The summed E-state index contributed by atoms with van der Waals surface area (Å²) in [5, 5.41) is 14.0. The van der Waals surface area contributed by atoms with Crippen molar-refractivity contribution >= 4 is 5.69 Å². The van der Waals surface area contributed by atoms with Gasteiger partial charge in [0.1, 0.15) is 5.60 Å². The highest BCUT2D eigenvalue weighted by Gasteiger charge is 2.37. The Balaban J connectivity index is 1.61. The average Bonchev–Trinajstić information content (AvgIpc) is 2.66. The number of hydrogen-bond acceptors (Lipinski definition) is 3. The van der Waals surface area contributed by atoms with Crippen LogP contribution in [0.5, 0.6) is 0 Å². The molecule has 0 bridgehead atoms. The van der Waals surface area contributed by atoms with Crippen LogP contribution < -0.4 is 5.32 Å². The number of benzene rings is 3. The molecule has 2 N–H and O–H groups in total. The first-order valence-corrected chi connectivity index (χ1v) is 8.52. The lowest BCUT2D eigenvalue weighted by molar-refractivity contribution is -0.184. The van der Waals surface area contributed by atoms with Gasteiger partial charge in [0.2, 0.25) is 0 Å². The third-order valence-corrected chi connectivity index (χ3v) is 4.68. The van der Waals surface area contributed by atoms with Gasteiger partial charge in [-0.2, -0.15) is 0 Å². The summed E-state index contributed by atoms with van der Waals surface area (Å²) in [6.07, 6.45) is 0. The first-order chi connectivity index (χ1) is 12.2. The van der Waals surface area contributed by atoms with Gasteiger partial charge < -0.3 is 15.2 Å². The Morgan fingerprint density at radius 3 is 1.72 bits per heavy atom. The second-order valence-electron chi connectivity index (χ2n) is 6.50. The van der Waals surface area contributed by atoms with E-state index in [9.17, 15) is 5.11 Å². The fourth-order valence-corrected chi connectivity index (χ4v) is 3.16. The van der Waals surface area contributed by atoms with Crippen molar-refractivity contribution in [1.82, 2.24) is 0 Å². The summed E-state index contributed by atoms with van der Waals surface area (Å²) in [5.74, 6) is 0. The number of anilines is 1. The molecule has 0 atom stereocenters. The third-order valence-electron chi connectivity index (χ3n) is 4.68. The van der Waals surface area contributed by atoms with Crippen LogP contribution in [0.4, 0.5) is 5.69 Å². The van der Waals surface area contributed by atoms with Crippen LogP contribution in [0.1, 0.15) is 22.7 Å². The van der Waals surface area contributed by atoms with E-state index in [0.717, 1.165) is 11.3 Å². The molecule has 126 valence electrons. The van der Waals surface area contributed by atoms with Crippen molar-refractivity contribution in [1.29, 1.82) is 0 Å². The van der Waals surface area contributed by atoms with Gasteiger partial charge in [0.05, 0.1) is 19.3 Å². The van der Waals surface area contributed by atoms with Gasteiger partial charge in [-0.1, -0.05) is 72.8 Å². The molecule has 3 heteroatoms. The Labute approximate surface area is 147 Å². The van der Waals surface area contributed by atoms with Crippen LogP contribution >= 0.6 is 0 Å². The smallest absolute Gasteiger partial charge is 0.136 e. The maximum Gasteiger partial charge on any atom is 0.136 e. The highest BCUT2D eigenvalue weighted by atomic mass is 16.5. The quantitative estimate of drug-likeness (QED) is 0.739.